The number of carbonyl (C=O) groups is 2. The molecule has 2 amide bonds. The molecule has 4 rings (SSSR count). The van der Waals surface area contributed by atoms with Gasteiger partial charge < -0.3 is 24.8 Å². The van der Waals surface area contributed by atoms with E-state index in [1.54, 1.807) is 24.0 Å². The second-order valence-corrected chi connectivity index (χ2v) is 7.84. The number of oxazole rings is 1. The number of pyridine rings is 1. The summed E-state index contributed by atoms with van der Waals surface area (Å²) in [6.45, 7) is 3.76. The second kappa shape index (κ2) is 8.52. The molecule has 174 valence electrons. The summed E-state index contributed by atoms with van der Waals surface area (Å²) in [6.07, 6.45) is 5.60. The van der Waals surface area contributed by atoms with Gasteiger partial charge in [0.15, 0.2) is 13.0 Å². The molecule has 0 fully saturated rings. The number of allylic oxidation sites excluding steroid dienone is 2. The van der Waals surface area contributed by atoms with Crippen molar-refractivity contribution in [1.82, 2.24) is 25.7 Å². The summed E-state index contributed by atoms with van der Waals surface area (Å²) < 4.78 is 36.3. The molecule has 3 N–H and O–H groups in total. The molecule has 0 aliphatic carbocycles. The molecule has 0 spiro atoms. The third-order valence-electron chi connectivity index (χ3n) is 5.20. The van der Waals surface area contributed by atoms with Crippen molar-refractivity contribution in [2.24, 2.45) is 0 Å². The van der Waals surface area contributed by atoms with Gasteiger partial charge in [-0.15, -0.1) is 0 Å². The van der Waals surface area contributed by atoms with Gasteiger partial charge in [-0.25, -0.2) is 18.7 Å². The Kier molecular flexibility index (Phi) is 5.75. The summed E-state index contributed by atoms with van der Waals surface area (Å²) in [5, 5.41) is 2.65. The van der Waals surface area contributed by atoms with E-state index in [1.807, 2.05) is 6.92 Å². The minimum absolute atomic E-state index is 0.0210. The molecule has 1 atom stereocenters. The molecule has 4 heterocycles. The van der Waals surface area contributed by atoms with Gasteiger partial charge in [0.1, 0.15) is 5.82 Å². The van der Waals surface area contributed by atoms with Crippen LogP contribution in [-0.2, 0) is 11.3 Å². The Morgan fingerprint density at radius 1 is 1.42 bits per heavy atom. The van der Waals surface area contributed by atoms with Gasteiger partial charge in [-0.1, -0.05) is 0 Å². The molecule has 2 aliphatic heterocycles. The van der Waals surface area contributed by atoms with Crippen LogP contribution in [0.25, 0.3) is 0 Å². The van der Waals surface area contributed by atoms with E-state index in [-0.39, 0.29) is 29.9 Å². The molecular formula is C21H22F2N6O4. The van der Waals surface area contributed by atoms with Crippen molar-refractivity contribution in [1.29, 1.82) is 0 Å². The predicted molar refractivity (Wildman–Crippen MR) is 112 cm³/mol. The van der Waals surface area contributed by atoms with Crippen molar-refractivity contribution in [2.75, 3.05) is 11.9 Å². The maximum absolute atomic E-state index is 13.1. The quantitative estimate of drug-likeness (QED) is 0.577. The van der Waals surface area contributed by atoms with Gasteiger partial charge in [0.05, 0.1) is 24.5 Å². The van der Waals surface area contributed by atoms with Crippen LogP contribution >= 0.6 is 0 Å². The number of nitrogens with one attached hydrogen (secondary N) is 3. The molecule has 12 heteroatoms. The largest absolute Gasteiger partial charge is 0.471 e. The Hall–Kier alpha value is -3.96. The standard InChI is InChI=1S/C21H22F2N6O4/c1-11-6-15(27-28-19(11)32-9-21(3,22)23)12(2)29-8-14-13(20(29)31)4-5-25-17(14)26-18(30)16-7-24-10-33-16/h4-7,10,12,27-28H,8-9H2,1-3H3,(H,25,26,30). The van der Waals surface area contributed by atoms with Gasteiger partial charge in [0.25, 0.3) is 17.7 Å². The molecule has 0 saturated heterocycles. The highest BCUT2D eigenvalue weighted by molar-refractivity contribution is 6.05. The molecule has 1 unspecified atom stereocenters. The normalized spacial score (nSPS) is 16.6. The number of anilines is 1. The Morgan fingerprint density at radius 3 is 2.88 bits per heavy atom. The number of nitrogens with zero attached hydrogens (tertiary/aromatic N) is 3. The Bertz CT molecular complexity index is 1140. The third-order valence-corrected chi connectivity index (χ3v) is 5.20. The average molecular weight is 460 g/mol. The van der Waals surface area contributed by atoms with Crippen molar-refractivity contribution in [3.63, 3.8) is 0 Å². The molecule has 0 saturated carbocycles. The van der Waals surface area contributed by atoms with E-state index in [0.717, 1.165) is 13.3 Å². The summed E-state index contributed by atoms with van der Waals surface area (Å²) in [6, 6.07) is 1.19. The number of alkyl halides is 2. The van der Waals surface area contributed by atoms with E-state index >= 15 is 0 Å². The zero-order valence-corrected chi connectivity index (χ0v) is 18.1. The van der Waals surface area contributed by atoms with Crippen LogP contribution in [0.1, 0.15) is 47.2 Å². The van der Waals surface area contributed by atoms with E-state index in [0.29, 0.717) is 22.4 Å². The fraction of sp³-hybridized carbons (Fsp3) is 0.333. The van der Waals surface area contributed by atoms with Crippen LogP contribution in [-0.4, -0.2) is 45.3 Å². The van der Waals surface area contributed by atoms with Gasteiger partial charge in [-0.05, 0) is 26.0 Å². The lowest BCUT2D eigenvalue weighted by molar-refractivity contribution is -0.0484. The lowest BCUT2D eigenvalue weighted by atomic mass is 10.1. The van der Waals surface area contributed by atoms with Crippen LogP contribution in [0, 0.1) is 0 Å². The Morgan fingerprint density at radius 2 is 2.21 bits per heavy atom. The Balaban J connectivity index is 1.50. The van der Waals surface area contributed by atoms with Crippen LogP contribution in [0.5, 0.6) is 0 Å². The van der Waals surface area contributed by atoms with Gasteiger partial charge >= 0.3 is 0 Å². The molecule has 10 nitrogen and oxygen atoms in total. The maximum atomic E-state index is 13.1. The van der Waals surface area contributed by atoms with E-state index < -0.39 is 24.5 Å². The number of rotatable bonds is 7. The first-order chi connectivity index (χ1) is 15.6. The van der Waals surface area contributed by atoms with E-state index in [2.05, 4.69) is 26.1 Å². The number of amides is 2. The van der Waals surface area contributed by atoms with E-state index in [1.165, 1.54) is 12.4 Å². The lowest BCUT2D eigenvalue weighted by Crippen LogP contribution is -2.45. The molecule has 33 heavy (non-hydrogen) atoms. The third kappa shape index (κ3) is 4.64. The number of fused-ring (bicyclic) bond motifs is 1. The molecule has 2 aromatic rings. The summed E-state index contributed by atoms with van der Waals surface area (Å²) in [4.78, 5) is 34.9. The highest BCUT2D eigenvalue weighted by Crippen LogP contribution is 2.31. The van der Waals surface area contributed by atoms with Gasteiger partial charge in [-0.3, -0.25) is 15.0 Å². The molecule has 0 aromatic carbocycles. The number of hydrogen-bond donors (Lipinski definition) is 3. The average Bonchev–Trinajstić information content (AvgIpc) is 3.41. The van der Waals surface area contributed by atoms with Gasteiger partial charge in [0, 0.05) is 29.8 Å². The summed E-state index contributed by atoms with van der Waals surface area (Å²) in [7, 11) is 0. The highest BCUT2D eigenvalue weighted by Gasteiger charge is 2.35. The zero-order chi connectivity index (χ0) is 23.8. The number of hydrogen-bond acceptors (Lipinski definition) is 8. The van der Waals surface area contributed by atoms with Crippen molar-refractivity contribution in [2.45, 2.75) is 39.3 Å². The fourth-order valence-corrected chi connectivity index (χ4v) is 3.47. The monoisotopic (exact) mass is 460 g/mol. The molecular weight excluding hydrogens is 438 g/mol. The molecule has 0 radical (unpaired) electrons. The maximum Gasteiger partial charge on any atom is 0.294 e. The van der Waals surface area contributed by atoms with Crippen LogP contribution < -0.4 is 16.2 Å². The highest BCUT2D eigenvalue weighted by atomic mass is 19.3. The van der Waals surface area contributed by atoms with Crippen LogP contribution in [0.4, 0.5) is 14.6 Å². The van der Waals surface area contributed by atoms with Gasteiger partial charge in [-0.2, -0.15) is 0 Å². The fourth-order valence-electron chi connectivity index (χ4n) is 3.47. The predicted octanol–water partition coefficient (Wildman–Crippen LogP) is 2.56. The SMILES string of the molecule is CC1=C(OCC(C)(F)F)NNC(C(C)N2Cc3c(ccnc3NC(=O)c3cnco3)C2=O)=C1. The van der Waals surface area contributed by atoms with Crippen molar-refractivity contribution in [3.8, 4) is 0 Å². The van der Waals surface area contributed by atoms with E-state index in [4.69, 9.17) is 9.15 Å². The van der Waals surface area contributed by atoms with Crippen LogP contribution in [0.2, 0.25) is 0 Å². The number of aromatic nitrogens is 2. The summed E-state index contributed by atoms with van der Waals surface area (Å²) >= 11 is 0. The van der Waals surface area contributed by atoms with Crippen molar-refractivity contribution in [3.05, 3.63) is 65.0 Å². The smallest absolute Gasteiger partial charge is 0.294 e. The number of halogens is 2. The summed E-state index contributed by atoms with van der Waals surface area (Å²) in [5.74, 6) is -3.26. The second-order valence-electron chi connectivity index (χ2n) is 7.84. The molecule has 0 bridgehead atoms. The number of ether oxygens (including phenoxy) is 1. The van der Waals surface area contributed by atoms with Gasteiger partial charge in [0.2, 0.25) is 11.6 Å². The minimum Gasteiger partial charge on any atom is -0.471 e. The summed E-state index contributed by atoms with van der Waals surface area (Å²) in [5.41, 5.74) is 7.93. The van der Waals surface area contributed by atoms with Crippen LogP contribution in [0.3, 0.4) is 0 Å². The first-order valence-corrected chi connectivity index (χ1v) is 10.1. The zero-order valence-electron chi connectivity index (χ0n) is 18.1. The topological polar surface area (TPSA) is 122 Å². The van der Waals surface area contributed by atoms with Crippen molar-refractivity contribution >= 4 is 17.6 Å². The molecule has 2 aromatic heterocycles. The minimum atomic E-state index is -2.96. The number of carbonyl (C=O) groups excluding carboxylic acids is 2. The van der Waals surface area contributed by atoms with Crippen molar-refractivity contribution < 1.29 is 27.5 Å². The van der Waals surface area contributed by atoms with E-state index in [9.17, 15) is 18.4 Å². The number of hydrazine groups is 1. The first kappa shape index (κ1) is 22.2. The Labute approximate surface area is 187 Å². The molecule has 2 aliphatic rings. The lowest BCUT2D eigenvalue weighted by Gasteiger charge is -2.31. The van der Waals surface area contributed by atoms with Crippen LogP contribution in [0.15, 0.2) is 52.5 Å². The first-order valence-electron chi connectivity index (χ1n) is 10.1.